The van der Waals surface area contributed by atoms with Crippen molar-refractivity contribution in [2.24, 2.45) is 0 Å². The summed E-state index contributed by atoms with van der Waals surface area (Å²) < 4.78 is 0. The van der Waals surface area contributed by atoms with E-state index in [4.69, 9.17) is 11.6 Å². The van der Waals surface area contributed by atoms with Crippen LogP contribution in [0, 0.1) is 13.8 Å². The SMILES string of the molecule is CCNC(Cc1ccc(Cl)cc1)c1ccc(C)nc1C. The van der Waals surface area contributed by atoms with Gasteiger partial charge in [0.25, 0.3) is 0 Å². The third-order valence-electron chi connectivity index (χ3n) is 3.44. The summed E-state index contributed by atoms with van der Waals surface area (Å²) in [5.41, 5.74) is 4.71. The monoisotopic (exact) mass is 288 g/mol. The Morgan fingerprint density at radius 3 is 2.40 bits per heavy atom. The Morgan fingerprint density at radius 1 is 1.10 bits per heavy atom. The number of rotatable bonds is 5. The highest BCUT2D eigenvalue weighted by Gasteiger charge is 2.14. The molecular weight excluding hydrogens is 268 g/mol. The van der Waals surface area contributed by atoms with Gasteiger partial charge in [-0.3, -0.25) is 4.98 Å². The van der Waals surface area contributed by atoms with Crippen molar-refractivity contribution in [1.29, 1.82) is 0 Å². The normalized spacial score (nSPS) is 12.4. The minimum Gasteiger partial charge on any atom is -0.310 e. The fourth-order valence-corrected chi connectivity index (χ4v) is 2.59. The molecule has 1 N–H and O–H groups in total. The Hall–Kier alpha value is -1.38. The number of hydrogen-bond donors (Lipinski definition) is 1. The van der Waals surface area contributed by atoms with Crippen molar-refractivity contribution in [1.82, 2.24) is 10.3 Å². The van der Waals surface area contributed by atoms with Gasteiger partial charge in [0.15, 0.2) is 0 Å². The Balaban J connectivity index is 2.24. The van der Waals surface area contributed by atoms with Gasteiger partial charge in [-0.2, -0.15) is 0 Å². The van der Waals surface area contributed by atoms with Gasteiger partial charge in [0.1, 0.15) is 0 Å². The quantitative estimate of drug-likeness (QED) is 0.890. The Bertz CT molecular complexity index is 564. The number of benzene rings is 1. The van der Waals surface area contributed by atoms with E-state index >= 15 is 0 Å². The number of nitrogens with zero attached hydrogens (tertiary/aromatic N) is 1. The summed E-state index contributed by atoms with van der Waals surface area (Å²) in [7, 11) is 0. The average molecular weight is 289 g/mol. The van der Waals surface area contributed by atoms with E-state index in [1.165, 1.54) is 11.1 Å². The largest absolute Gasteiger partial charge is 0.310 e. The van der Waals surface area contributed by atoms with Crippen LogP contribution in [0.25, 0.3) is 0 Å². The van der Waals surface area contributed by atoms with Gasteiger partial charge in [-0.1, -0.05) is 36.7 Å². The zero-order valence-electron chi connectivity index (χ0n) is 12.3. The molecule has 2 aromatic rings. The van der Waals surface area contributed by atoms with Crippen molar-refractivity contribution in [3.8, 4) is 0 Å². The molecule has 1 aromatic heterocycles. The molecule has 1 aromatic carbocycles. The molecule has 0 radical (unpaired) electrons. The molecule has 2 rings (SSSR count). The van der Waals surface area contributed by atoms with Crippen LogP contribution >= 0.6 is 11.6 Å². The van der Waals surface area contributed by atoms with E-state index in [0.29, 0.717) is 0 Å². The van der Waals surface area contributed by atoms with E-state index in [1.54, 1.807) is 0 Å². The number of likely N-dealkylation sites (N-methyl/N-ethyl adjacent to an activating group) is 1. The highest BCUT2D eigenvalue weighted by Crippen LogP contribution is 2.22. The molecule has 0 aliphatic heterocycles. The topological polar surface area (TPSA) is 24.9 Å². The van der Waals surface area contributed by atoms with Crippen molar-refractivity contribution in [2.45, 2.75) is 33.2 Å². The molecule has 0 saturated heterocycles. The maximum absolute atomic E-state index is 5.94. The molecular formula is C17H21ClN2. The second kappa shape index (κ2) is 6.87. The molecule has 1 atom stereocenters. The summed E-state index contributed by atoms with van der Waals surface area (Å²) in [6.07, 6.45) is 0.941. The lowest BCUT2D eigenvalue weighted by Gasteiger charge is -2.20. The first kappa shape index (κ1) is 15.0. The van der Waals surface area contributed by atoms with Crippen molar-refractivity contribution in [2.75, 3.05) is 6.54 Å². The van der Waals surface area contributed by atoms with Crippen LogP contribution in [0.1, 0.15) is 35.5 Å². The van der Waals surface area contributed by atoms with Gasteiger partial charge in [0.2, 0.25) is 0 Å². The number of aromatic nitrogens is 1. The molecule has 0 aliphatic carbocycles. The lowest BCUT2D eigenvalue weighted by atomic mass is 9.97. The van der Waals surface area contributed by atoms with Crippen LogP contribution in [-0.2, 0) is 6.42 Å². The number of pyridine rings is 1. The summed E-state index contributed by atoms with van der Waals surface area (Å²) in [5.74, 6) is 0. The van der Waals surface area contributed by atoms with E-state index < -0.39 is 0 Å². The van der Waals surface area contributed by atoms with Gasteiger partial charge in [-0.25, -0.2) is 0 Å². The van der Waals surface area contributed by atoms with Gasteiger partial charge in [0.05, 0.1) is 0 Å². The van der Waals surface area contributed by atoms with E-state index in [2.05, 4.69) is 48.4 Å². The Kier molecular flexibility index (Phi) is 5.16. The van der Waals surface area contributed by atoms with Crippen LogP contribution in [0.4, 0.5) is 0 Å². The molecule has 3 heteroatoms. The van der Waals surface area contributed by atoms with Crippen LogP contribution in [0.15, 0.2) is 36.4 Å². The molecule has 2 nitrogen and oxygen atoms in total. The van der Waals surface area contributed by atoms with Crippen LogP contribution in [0.2, 0.25) is 5.02 Å². The maximum Gasteiger partial charge on any atom is 0.0423 e. The molecule has 1 heterocycles. The molecule has 0 amide bonds. The maximum atomic E-state index is 5.94. The Labute approximate surface area is 126 Å². The number of hydrogen-bond acceptors (Lipinski definition) is 2. The predicted octanol–water partition coefficient (Wildman–Crippen LogP) is 4.25. The molecule has 20 heavy (non-hydrogen) atoms. The first-order chi connectivity index (χ1) is 9.60. The standard InChI is InChI=1S/C17H21ClN2/c1-4-19-17(11-14-6-8-15(18)9-7-14)16-10-5-12(2)20-13(16)3/h5-10,17,19H,4,11H2,1-3H3. The highest BCUT2D eigenvalue weighted by molar-refractivity contribution is 6.30. The summed E-state index contributed by atoms with van der Waals surface area (Å²) in [5, 5.41) is 4.33. The van der Waals surface area contributed by atoms with E-state index in [1.807, 2.05) is 19.1 Å². The van der Waals surface area contributed by atoms with Crippen molar-refractivity contribution >= 4 is 11.6 Å². The second-order valence-electron chi connectivity index (χ2n) is 5.07. The average Bonchev–Trinajstić information content (AvgIpc) is 2.41. The number of halogens is 1. The molecule has 0 spiro atoms. The van der Waals surface area contributed by atoms with Gasteiger partial charge >= 0.3 is 0 Å². The van der Waals surface area contributed by atoms with E-state index in [0.717, 1.165) is 29.4 Å². The molecule has 1 unspecified atom stereocenters. The predicted molar refractivity (Wildman–Crippen MR) is 85.3 cm³/mol. The van der Waals surface area contributed by atoms with Crippen LogP contribution < -0.4 is 5.32 Å². The van der Waals surface area contributed by atoms with Crippen molar-refractivity contribution in [3.05, 3.63) is 63.9 Å². The minimum absolute atomic E-state index is 0.286. The van der Waals surface area contributed by atoms with Crippen LogP contribution in [0.5, 0.6) is 0 Å². The zero-order chi connectivity index (χ0) is 14.5. The van der Waals surface area contributed by atoms with Crippen LogP contribution in [0.3, 0.4) is 0 Å². The van der Waals surface area contributed by atoms with Gasteiger partial charge < -0.3 is 5.32 Å². The number of nitrogens with one attached hydrogen (secondary N) is 1. The third-order valence-corrected chi connectivity index (χ3v) is 3.70. The third kappa shape index (κ3) is 3.81. The first-order valence-electron chi connectivity index (χ1n) is 7.02. The molecule has 106 valence electrons. The molecule has 0 bridgehead atoms. The van der Waals surface area contributed by atoms with Crippen LogP contribution in [-0.4, -0.2) is 11.5 Å². The number of aryl methyl sites for hydroxylation is 2. The fourth-order valence-electron chi connectivity index (χ4n) is 2.46. The smallest absolute Gasteiger partial charge is 0.0423 e. The second-order valence-corrected chi connectivity index (χ2v) is 5.50. The molecule has 0 saturated carbocycles. The lowest BCUT2D eigenvalue weighted by Crippen LogP contribution is -2.24. The van der Waals surface area contributed by atoms with Gasteiger partial charge in [-0.05, 0) is 56.1 Å². The summed E-state index contributed by atoms with van der Waals surface area (Å²) in [4.78, 5) is 4.57. The zero-order valence-corrected chi connectivity index (χ0v) is 13.0. The first-order valence-corrected chi connectivity index (χ1v) is 7.40. The summed E-state index contributed by atoms with van der Waals surface area (Å²) in [6.45, 7) is 7.17. The highest BCUT2D eigenvalue weighted by atomic mass is 35.5. The Morgan fingerprint density at radius 2 is 1.80 bits per heavy atom. The minimum atomic E-state index is 0.286. The van der Waals surface area contributed by atoms with Gasteiger partial charge in [0, 0.05) is 22.5 Å². The molecule has 0 fully saturated rings. The van der Waals surface area contributed by atoms with Crippen molar-refractivity contribution < 1.29 is 0 Å². The summed E-state index contributed by atoms with van der Waals surface area (Å²) in [6, 6.07) is 12.6. The van der Waals surface area contributed by atoms with Gasteiger partial charge in [-0.15, -0.1) is 0 Å². The van der Waals surface area contributed by atoms with Crippen molar-refractivity contribution in [3.63, 3.8) is 0 Å². The van der Waals surface area contributed by atoms with E-state index in [-0.39, 0.29) is 6.04 Å². The molecule has 0 aliphatic rings. The lowest BCUT2D eigenvalue weighted by molar-refractivity contribution is 0.545. The van der Waals surface area contributed by atoms with E-state index in [9.17, 15) is 0 Å². The fraction of sp³-hybridized carbons (Fsp3) is 0.353. The summed E-state index contributed by atoms with van der Waals surface area (Å²) >= 11 is 5.94.